The van der Waals surface area contributed by atoms with Crippen molar-refractivity contribution < 1.29 is 15.0 Å². The van der Waals surface area contributed by atoms with Gasteiger partial charge in [-0.05, 0) is 25.7 Å². The molecular formula is C13H23NO3. The van der Waals surface area contributed by atoms with Crippen LogP contribution in [0.2, 0.25) is 0 Å². The van der Waals surface area contributed by atoms with Crippen molar-refractivity contribution in [2.24, 2.45) is 0 Å². The average molecular weight is 241 g/mol. The van der Waals surface area contributed by atoms with Crippen LogP contribution in [0, 0.1) is 0 Å². The third kappa shape index (κ3) is 3.42. The average Bonchev–Trinajstić information content (AvgIpc) is 2.30. The van der Waals surface area contributed by atoms with E-state index in [4.69, 9.17) is 0 Å². The summed E-state index contributed by atoms with van der Waals surface area (Å²) in [6.07, 6.45) is 6.11. The molecule has 4 nitrogen and oxygen atoms in total. The van der Waals surface area contributed by atoms with E-state index in [1.807, 2.05) is 0 Å². The molecule has 1 aliphatic carbocycles. The number of piperidine rings is 1. The Morgan fingerprint density at radius 1 is 1.18 bits per heavy atom. The molecular weight excluding hydrogens is 218 g/mol. The monoisotopic (exact) mass is 241 g/mol. The van der Waals surface area contributed by atoms with Crippen molar-refractivity contribution in [1.29, 1.82) is 0 Å². The molecule has 1 amide bonds. The third-order valence-electron chi connectivity index (χ3n) is 4.08. The molecule has 0 spiro atoms. The Balaban J connectivity index is 1.83. The van der Waals surface area contributed by atoms with Gasteiger partial charge in [-0.1, -0.05) is 19.3 Å². The van der Waals surface area contributed by atoms with Crippen molar-refractivity contribution in [3.63, 3.8) is 0 Å². The highest BCUT2D eigenvalue weighted by molar-refractivity contribution is 5.77. The molecule has 0 atom stereocenters. The van der Waals surface area contributed by atoms with Crippen LogP contribution >= 0.6 is 0 Å². The molecule has 1 saturated carbocycles. The molecule has 17 heavy (non-hydrogen) atoms. The number of hydrogen-bond acceptors (Lipinski definition) is 3. The van der Waals surface area contributed by atoms with Crippen LogP contribution in [-0.4, -0.2) is 45.8 Å². The molecule has 0 bridgehead atoms. The fourth-order valence-electron chi connectivity index (χ4n) is 2.90. The minimum atomic E-state index is -0.759. The van der Waals surface area contributed by atoms with E-state index in [1.165, 1.54) is 6.42 Å². The zero-order valence-electron chi connectivity index (χ0n) is 10.4. The molecule has 4 heteroatoms. The highest BCUT2D eigenvalue weighted by atomic mass is 16.3. The summed E-state index contributed by atoms with van der Waals surface area (Å²) in [5, 5.41) is 19.7. The van der Waals surface area contributed by atoms with Crippen molar-refractivity contribution in [3.05, 3.63) is 0 Å². The second-order valence-electron chi connectivity index (χ2n) is 5.57. The summed E-state index contributed by atoms with van der Waals surface area (Å²) in [5.41, 5.74) is -0.759. The van der Waals surface area contributed by atoms with Gasteiger partial charge in [0.05, 0.1) is 18.1 Å². The van der Waals surface area contributed by atoms with Crippen LogP contribution in [0.15, 0.2) is 0 Å². The Bertz CT molecular complexity index is 266. The van der Waals surface area contributed by atoms with Gasteiger partial charge in [-0.3, -0.25) is 4.79 Å². The van der Waals surface area contributed by atoms with Crippen molar-refractivity contribution >= 4 is 5.91 Å². The number of aliphatic hydroxyl groups excluding tert-OH is 1. The molecule has 2 rings (SSSR count). The van der Waals surface area contributed by atoms with Gasteiger partial charge in [-0.15, -0.1) is 0 Å². The van der Waals surface area contributed by atoms with Gasteiger partial charge in [0.2, 0.25) is 5.91 Å². The topological polar surface area (TPSA) is 60.8 Å². The molecule has 1 aliphatic heterocycles. The van der Waals surface area contributed by atoms with E-state index in [-0.39, 0.29) is 18.4 Å². The summed E-state index contributed by atoms with van der Waals surface area (Å²) in [6.45, 7) is 1.27. The SMILES string of the molecule is O=C(CC1(O)CCCCC1)N1CCC(O)CC1. The summed E-state index contributed by atoms with van der Waals surface area (Å²) in [5.74, 6) is 0.0568. The molecule has 2 N–H and O–H groups in total. The number of rotatable bonds is 2. The zero-order valence-corrected chi connectivity index (χ0v) is 10.4. The normalized spacial score (nSPS) is 25.9. The van der Waals surface area contributed by atoms with Crippen LogP contribution in [0.25, 0.3) is 0 Å². The van der Waals surface area contributed by atoms with E-state index in [1.54, 1.807) is 4.90 Å². The van der Waals surface area contributed by atoms with Crippen LogP contribution in [0.1, 0.15) is 51.4 Å². The Kier molecular flexibility index (Phi) is 4.05. The Hall–Kier alpha value is -0.610. The molecule has 1 heterocycles. The first-order valence-corrected chi connectivity index (χ1v) is 6.77. The fraction of sp³-hybridized carbons (Fsp3) is 0.923. The maximum Gasteiger partial charge on any atom is 0.225 e. The lowest BCUT2D eigenvalue weighted by Gasteiger charge is -2.35. The maximum atomic E-state index is 12.1. The van der Waals surface area contributed by atoms with Gasteiger partial charge in [0.25, 0.3) is 0 Å². The van der Waals surface area contributed by atoms with Gasteiger partial charge < -0.3 is 15.1 Å². The predicted molar refractivity (Wildman–Crippen MR) is 64.5 cm³/mol. The summed E-state index contributed by atoms with van der Waals surface area (Å²) in [7, 11) is 0. The smallest absolute Gasteiger partial charge is 0.225 e. The molecule has 0 unspecified atom stereocenters. The number of aliphatic hydroxyl groups is 2. The van der Waals surface area contributed by atoms with Crippen LogP contribution in [0.5, 0.6) is 0 Å². The molecule has 98 valence electrons. The van der Waals surface area contributed by atoms with E-state index in [2.05, 4.69) is 0 Å². The first kappa shape index (κ1) is 12.8. The van der Waals surface area contributed by atoms with Crippen LogP contribution in [0.4, 0.5) is 0 Å². The molecule has 0 aromatic heterocycles. The first-order chi connectivity index (χ1) is 8.09. The van der Waals surface area contributed by atoms with Crippen molar-refractivity contribution in [1.82, 2.24) is 4.90 Å². The second kappa shape index (κ2) is 5.36. The largest absolute Gasteiger partial charge is 0.393 e. The third-order valence-corrected chi connectivity index (χ3v) is 4.08. The van der Waals surface area contributed by atoms with E-state index < -0.39 is 5.60 Å². The molecule has 2 aliphatic rings. The zero-order chi connectivity index (χ0) is 12.3. The van der Waals surface area contributed by atoms with E-state index >= 15 is 0 Å². The second-order valence-corrected chi connectivity index (χ2v) is 5.57. The number of carbonyl (C=O) groups is 1. The summed E-state index contributed by atoms with van der Waals surface area (Å²) < 4.78 is 0. The lowest BCUT2D eigenvalue weighted by molar-refractivity contribution is -0.139. The molecule has 0 aromatic carbocycles. The quantitative estimate of drug-likeness (QED) is 0.760. The van der Waals surface area contributed by atoms with Gasteiger partial charge in [-0.25, -0.2) is 0 Å². The maximum absolute atomic E-state index is 12.1. The van der Waals surface area contributed by atoms with Gasteiger partial charge >= 0.3 is 0 Å². The highest BCUT2D eigenvalue weighted by Gasteiger charge is 2.34. The van der Waals surface area contributed by atoms with Crippen molar-refractivity contribution in [2.45, 2.75) is 63.1 Å². The number of carbonyl (C=O) groups excluding carboxylic acids is 1. The van der Waals surface area contributed by atoms with Gasteiger partial charge in [0, 0.05) is 13.1 Å². The predicted octanol–water partition coefficient (Wildman–Crippen LogP) is 1.05. The Morgan fingerprint density at radius 2 is 1.76 bits per heavy atom. The number of amides is 1. The standard InChI is InChI=1S/C13H23NO3/c15-11-4-8-14(9-5-11)12(16)10-13(17)6-2-1-3-7-13/h11,15,17H,1-10H2. The molecule has 0 aromatic rings. The van der Waals surface area contributed by atoms with Crippen molar-refractivity contribution in [3.8, 4) is 0 Å². The minimum absolute atomic E-state index is 0.0568. The van der Waals surface area contributed by atoms with Gasteiger partial charge in [0.15, 0.2) is 0 Å². The van der Waals surface area contributed by atoms with Gasteiger partial charge in [0.1, 0.15) is 0 Å². The summed E-state index contributed by atoms with van der Waals surface area (Å²) in [4.78, 5) is 13.9. The molecule has 2 fully saturated rings. The van der Waals surface area contributed by atoms with Crippen LogP contribution in [-0.2, 0) is 4.79 Å². The van der Waals surface area contributed by atoms with Crippen LogP contribution in [0.3, 0.4) is 0 Å². The summed E-state index contributed by atoms with van der Waals surface area (Å²) in [6, 6.07) is 0. The highest BCUT2D eigenvalue weighted by Crippen LogP contribution is 2.31. The van der Waals surface area contributed by atoms with Crippen LogP contribution < -0.4 is 0 Å². The van der Waals surface area contributed by atoms with E-state index in [0.717, 1.165) is 25.7 Å². The lowest BCUT2D eigenvalue weighted by Crippen LogP contribution is -2.44. The van der Waals surface area contributed by atoms with Crippen molar-refractivity contribution in [2.75, 3.05) is 13.1 Å². The summed E-state index contributed by atoms with van der Waals surface area (Å²) >= 11 is 0. The minimum Gasteiger partial charge on any atom is -0.393 e. The van der Waals surface area contributed by atoms with E-state index in [0.29, 0.717) is 25.9 Å². The Morgan fingerprint density at radius 3 is 2.35 bits per heavy atom. The van der Waals surface area contributed by atoms with E-state index in [9.17, 15) is 15.0 Å². The van der Waals surface area contributed by atoms with Gasteiger partial charge in [-0.2, -0.15) is 0 Å². The molecule has 0 radical (unpaired) electrons. The molecule has 1 saturated heterocycles. The first-order valence-electron chi connectivity index (χ1n) is 6.77. The lowest BCUT2D eigenvalue weighted by atomic mass is 9.82. The number of hydrogen-bond donors (Lipinski definition) is 2. The number of nitrogens with zero attached hydrogens (tertiary/aromatic N) is 1. The Labute approximate surface area is 103 Å². The fourth-order valence-corrected chi connectivity index (χ4v) is 2.90. The number of likely N-dealkylation sites (tertiary alicyclic amines) is 1.